The highest BCUT2D eigenvalue weighted by Crippen LogP contribution is 2.46. The van der Waals surface area contributed by atoms with Gasteiger partial charge in [-0.25, -0.2) is 0 Å². The molecule has 0 bridgehead atoms. The van der Waals surface area contributed by atoms with Gasteiger partial charge in [0.25, 0.3) is 0 Å². The minimum atomic E-state index is -0.322. The highest BCUT2D eigenvalue weighted by Gasteiger charge is 2.39. The molecule has 2 aliphatic heterocycles. The second-order valence-electron chi connectivity index (χ2n) is 10.8. The van der Waals surface area contributed by atoms with Crippen LogP contribution in [0.15, 0.2) is 24.9 Å². The van der Waals surface area contributed by atoms with Crippen LogP contribution in [0.4, 0.5) is 5.82 Å². The monoisotopic (exact) mass is 510 g/mol. The number of aromatic nitrogens is 4. The number of rotatable bonds is 4. The number of aliphatic hydroxyl groups is 1. The molecule has 2 saturated heterocycles. The van der Waals surface area contributed by atoms with Gasteiger partial charge in [-0.05, 0) is 71.1 Å². The Morgan fingerprint density at radius 3 is 2.61 bits per heavy atom. The maximum atomic E-state index is 12.1. The molecule has 0 saturated carbocycles. The molecule has 1 unspecified atom stereocenters. The second kappa shape index (κ2) is 9.23. The number of aromatic amines is 1. The number of likely N-dealkylation sites (tertiary alicyclic amines) is 1. The molecule has 5 rings (SSSR count). The molecule has 0 spiro atoms. The van der Waals surface area contributed by atoms with Gasteiger partial charge in [0, 0.05) is 47.4 Å². The Bertz CT molecular complexity index is 1320. The highest BCUT2D eigenvalue weighted by atomic mass is 35.5. The number of H-pyrrole nitrogens is 1. The number of hydrogen-bond acceptors (Lipinski definition) is 5. The maximum absolute atomic E-state index is 12.1. The Hall–Kier alpha value is -2.84. The van der Waals surface area contributed by atoms with Crippen molar-refractivity contribution in [1.29, 1.82) is 0 Å². The molecule has 4 heterocycles. The molecule has 1 atom stereocenters. The summed E-state index contributed by atoms with van der Waals surface area (Å²) in [5.74, 6) is 0.874. The minimum Gasteiger partial charge on any atom is -0.393 e. The molecule has 3 aromatic rings. The summed E-state index contributed by atoms with van der Waals surface area (Å²) in [5.41, 5.74) is 4.66. The molecule has 0 aliphatic carbocycles. The summed E-state index contributed by atoms with van der Waals surface area (Å²) >= 11 is 7.01. The van der Waals surface area contributed by atoms with Gasteiger partial charge < -0.3 is 14.9 Å². The SMILES string of the molecule is C=CC(=O)N1CCC(n2nc(N3CCC(O)CC3(C)C)c(-c3c(Cl)c(C)cc4[nH]ncc34)c2C)CC1. The van der Waals surface area contributed by atoms with Gasteiger partial charge >= 0.3 is 0 Å². The fourth-order valence-electron chi connectivity index (χ4n) is 6.01. The van der Waals surface area contributed by atoms with Crippen LogP contribution in [-0.2, 0) is 4.79 Å². The van der Waals surface area contributed by atoms with E-state index in [9.17, 15) is 9.90 Å². The lowest BCUT2D eigenvalue weighted by atomic mass is 9.87. The van der Waals surface area contributed by atoms with E-state index in [2.05, 4.69) is 47.1 Å². The van der Waals surface area contributed by atoms with E-state index in [1.165, 1.54) is 6.08 Å². The summed E-state index contributed by atoms with van der Waals surface area (Å²) in [5, 5.41) is 24.8. The minimum absolute atomic E-state index is 0.0190. The van der Waals surface area contributed by atoms with Gasteiger partial charge in [0.1, 0.15) is 0 Å². The molecule has 192 valence electrons. The van der Waals surface area contributed by atoms with Crippen LogP contribution in [0.25, 0.3) is 22.0 Å². The Balaban J connectivity index is 1.66. The Labute approximate surface area is 216 Å². The number of benzene rings is 1. The van der Waals surface area contributed by atoms with Crippen LogP contribution in [0.5, 0.6) is 0 Å². The zero-order valence-electron chi connectivity index (χ0n) is 21.5. The number of aliphatic hydroxyl groups excluding tert-OH is 1. The lowest BCUT2D eigenvalue weighted by Crippen LogP contribution is -2.52. The predicted molar refractivity (Wildman–Crippen MR) is 144 cm³/mol. The lowest BCUT2D eigenvalue weighted by molar-refractivity contribution is -0.127. The molecule has 1 amide bonds. The van der Waals surface area contributed by atoms with E-state index < -0.39 is 0 Å². The first-order chi connectivity index (χ1) is 17.1. The fraction of sp³-hybridized carbons (Fsp3) is 0.519. The number of halogens is 1. The normalized spacial score (nSPS) is 20.8. The number of amides is 1. The van der Waals surface area contributed by atoms with Gasteiger partial charge in [0.15, 0.2) is 5.82 Å². The number of anilines is 1. The summed E-state index contributed by atoms with van der Waals surface area (Å²) in [6, 6.07) is 2.20. The van der Waals surface area contributed by atoms with Gasteiger partial charge in [0.05, 0.1) is 28.9 Å². The number of carbonyl (C=O) groups excluding carboxylic acids is 1. The van der Waals surface area contributed by atoms with Crippen molar-refractivity contribution in [3.05, 3.63) is 41.2 Å². The third-order valence-corrected chi connectivity index (χ3v) is 8.44. The number of nitrogens with one attached hydrogen (secondary N) is 1. The predicted octanol–water partition coefficient (Wildman–Crippen LogP) is 4.79. The van der Waals surface area contributed by atoms with Crippen molar-refractivity contribution in [2.75, 3.05) is 24.5 Å². The molecular weight excluding hydrogens is 476 g/mol. The third-order valence-electron chi connectivity index (χ3n) is 7.95. The van der Waals surface area contributed by atoms with Crippen LogP contribution < -0.4 is 4.90 Å². The number of carbonyl (C=O) groups is 1. The standard InChI is InChI=1S/C27H35ClN6O2/c1-6-22(36)32-10-7-18(8-11-32)34-17(3)23(24-20-15-29-30-21(20)13-16(2)25(24)28)26(31-34)33-12-9-19(35)14-27(33,4)5/h6,13,15,18-19,35H,1,7-12,14H2,2-5H3,(H,29,30). The van der Waals surface area contributed by atoms with E-state index in [-0.39, 0.29) is 23.6 Å². The summed E-state index contributed by atoms with van der Waals surface area (Å²) < 4.78 is 2.14. The van der Waals surface area contributed by atoms with Crippen molar-refractivity contribution >= 4 is 34.2 Å². The van der Waals surface area contributed by atoms with Gasteiger partial charge in [-0.2, -0.15) is 10.2 Å². The molecule has 0 radical (unpaired) electrons. The molecule has 2 fully saturated rings. The van der Waals surface area contributed by atoms with Crippen molar-refractivity contribution < 1.29 is 9.90 Å². The number of nitrogens with zero attached hydrogens (tertiary/aromatic N) is 5. The number of hydrogen-bond donors (Lipinski definition) is 2. The first-order valence-electron chi connectivity index (χ1n) is 12.7. The van der Waals surface area contributed by atoms with Crippen LogP contribution >= 0.6 is 11.6 Å². The first-order valence-corrected chi connectivity index (χ1v) is 13.1. The molecule has 8 nitrogen and oxygen atoms in total. The Morgan fingerprint density at radius 1 is 1.22 bits per heavy atom. The van der Waals surface area contributed by atoms with E-state index in [0.29, 0.717) is 37.5 Å². The first kappa shape index (κ1) is 24.8. The van der Waals surface area contributed by atoms with Crippen molar-refractivity contribution in [3.63, 3.8) is 0 Å². The van der Waals surface area contributed by atoms with E-state index in [1.54, 1.807) is 0 Å². The zero-order valence-corrected chi connectivity index (χ0v) is 22.3. The molecule has 2 aromatic heterocycles. The van der Waals surface area contributed by atoms with Crippen LogP contribution in [0.2, 0.25) is 5.02 Å². The van der Waals surface area contributed by atoms with E-state index >= 15 is 0 Å². The summed E-state index contributed by atoms with van der Waals surface area (Å²) in [4.78, 5) is 16.3. The number of fused-ring (bicyclic) bond motifs is 1. The molecule has 9 heteroatoms. The van der Waals surface area contributed by atoms with E-state index in [0.717, 1.165) is 51.9 Å². The average molecular weight is 511 g/mol. The van der Waals surface area contributed by atoms with Crippen molar-refractivity contribution in [3.8, 4) is 11.1 Å². The molecule has 2 N–H and O–H groups in total. The molecular formula is C27H35ClN6O2. The van der Waals surface area contributed by atoms with Crippen molar-refractivity contribution in [2.45, 2.75) is 71.1 Å². The summed E-state index contributed by atoms with van der Waals surface area (Å²) in [6.07, 6.45) is 5.91. The van der Waals surface area contributed by atoms with Crippen LogP contribution in [-0.4, -0.2) is 67.2 Å². The van der Waals surface area contributed by atoms with Gasteiger partial charge in [0.2, 0.25) is 5.91 Å². The Kier molecular flexibility index (Phi) is 6.37. The fourth-order valence-corrected chi connectivity index (χ4v) is 6.26. The van der Waals surface area contributed by atoms with Crippen LogP contribution in [0.3, 0.4) is 0 Å². The smallest absolute Gasteiger partial charge is 0.245 e. The zero-order chi connectivity index (χ0) is 25.8. The van der Waals surface area contributed by atoms with E-state index in [1.807, 2.05) is 24.1 Å². The maximum Gasteiger partial charge on any atom is 0.245 e. The largest absolute Gasteiger partial charge is 0.393 e. The second-order valence-corrected chi connectivity index (χ2v) is 11.2. The van der Waals surface area contributed by atoms with Crippen molar-refractivity contribution in [2.24, 2.45) is 0 Å². The van der Waals surface area contributed by atoms with Gasteiger partial charge in [-0.1, -0.05) is 18.2 Å². The van der Waals surface area contributed by atoms with Crippen LogP contribution in [0.1, 0.15) is 56.8 Å². The summed E-state index contributed by atoms with van der Waals surface area (Å²) in [7, 11) is 0. The molecule has 2 aliphatic rings. The Morgan fingerprint density at radius 2 is 1.94 bits per heavy atom. The average Bonchev–Trinajstić information content (AvgIpc) is 3.43. The topological polar surface area (TPSA) is 90.3 Å². The van der Waals surface area contributed by atoms with Crippen LogP contribution in [0, 0.1) is 13.8 Å². The summed E-state index contributed by atoms with van der Waals surface area (Å²) in [6.45, 7) is 14.2. The van der Waals surface area contributed by atoms with Crippen molar-refractivity contribution in [1.82, 2.24) is 24.9 Å². The number of aryl methyl sites for hydroxylation is 1. The number of piperidine rings is 2. The lowest BCUT2D eigenvalue weighted by Gasteiger charge is -2.45. The van der Waals surface area contributed by atoms with E-state index in [4.69, 9.17) is 16.7 Å². The van der Waals surface area contributed by atoms with Gasteiger partial charge in [-0.15, -0.1) is 0 Å². The molecule has 36 heavy (non-hydrogen) atoms. The quantitative estimate of drug-likeness (QED) is 0.493. The molecule has 1 aromatic carbocycles. The van der Waals surface area contributed by atoms with Gasteiger partial charge in [-0.3, -0.25) is 14.6 Å². The third kappa shape index (κ3) is 4.10. The highest BCUT2D eigenvalue weighted by molar-refractivity contribution is 6.36.